The number of carbonyl (C=O) groups is 5. The lowest BCUT2D eigenvalue weighted by atomic mass is 9.44. The minimum atomic E-state index is -1.38. The lowest BCUT2D eigenvalue weighted by Gasteiger charge is -2.55. The minimum Gasteiger partial charge on any atom is -0.508 e. The number of aromatic hydroxyl groups is 1. The Morgan fingerprint density at radius 3 is 2.27 bits per heavy atom. The number of hydrogen-bond acceptors (Lipinski definition) is 7. The topological polar surface area (TPSA) is 118 Å². The van der Waals surface area contributed by atoms with Gasteiger partial charge in [0.15, 0.2) is 11.6 Å². The lowest BCUT2D eigenvalue weighted by molar-refractivity contribution is -0.138. The van der Waals surface area contributed by atoms with E-state index in [2.05, 4.69) is 0 Å². The van der Waals surface area contributed by atoms with Crippen LogP contribution in [0.15, 0.2) is 103 Å². The molecule has 1 saturated carbocycles. The molecule has 1 saturated heterocycles. The molecular formula is C36H29NO7. The maximum Gasteiger partial charge on any atom is 0.423 e. The molecule has 3 amide bonds. The smallest absolute Gasteiger partial charge is 0.423 e. The van der Waals surface area contributed by atoms with Crippen LogP contribution in [0.5, 0.6) is 5.75 Å². The molecule has 3 aromatic carbocycles. The van der Waals surface area contributed by atoms with Crippen molar-refractivity contribution >= 4 is 35.0 Å². The predicted octanol–water partition coefficient (Wildman–Crippen LogP) is 4.98. The summed E-state index contributed by atoms with van der Waals surface area (Å²) in [6, 6.07) is 24.9. The molecule has 7 rings (SSSR count). The molecule has 0 spiro atoms. The largest absolute Gasteiger partial charge is 0.508 e. The number of amides is 3. The molecule has 2 fully saturated rings. The number of imide groups is 3. The number of benzene rings is 3. The van der Waals surface area contributed by atoms with Crippen LogP contribution in [0.2, 0.25) is 0 Å². The van der Waals surface area contributed by atoms with Gasteiger partial charge in [-0.2, -0.15) is 4.90 Å². The number of allylic oxidation sites excluding steroid dienone is 4. The van der Waals surface area contributed by atoms with E-state index in [0.717, 1.165) is 12.7 Å². The average molecular weight is 588 g/mol. The summed E-state index contributed by atoms with van der Waals surface area (Å²) in [5.74, 6) is -5.68. The van der Waals surface area contributed by atoms with Gasteiger partial charge in [0, 0.05) is 17.4 Å². The third kappa shape index (κ3) is 3.80. The molecule has 0 radical (unpaired) electrons. The standard InChI is InChI=1S/C36H29NO7/c1-44-35(43)37-33(41)25-16-15-24-27(30(25)34(37)42)18-28-32(40)26(20-9-4-2-5-10-20)19-29(39)36(28,22-12-6-3-7-13-22)31(24)21-11-8-14-23(38)17-21/h2-15,17,19,25,27-28,30-31,38H,16,18H2,1H3/t25-,27+,28-,30-,31-,36-/m0/s1. The fourth-order valence-electron chi connectivity index (χ4n) is 8.22. The second-order valence-electron chi connectivity index (χ2n) is 11.9. The highest BCUT2D eigenvalue weighted by Gasteiger charge is 2.66. The highest BCUT2D eigenvalue weighted by molar-refractivity contribution is 6.31. The number of hydrogen-bond donors (Lipinski definition) is 1. The van der Waals surface area contributed by atoms with Gasteiger partial charge in [-0.1, -0.05) is 84.4 Å². The first-order valence-corrected chi connectivity index (χ1v) is 14.6. The zero-order chi connectivity index (χ0) is 30.7. The van der Waals surface area contributed by atoms with Crippen LogP contribution in [0.4, 0.5) is 4.79 Å². The summed E-state index contributed by atoms with van der Waals surface area (Å²) in [7, 11) is 1.12. The van der Waals surface area contributed by atoms with Gasteiger partial charge < -0.3 is 9.84 Å². The van der Waals surface area contributed by atoms with Crippen molar-refractivity contribution < 1.29 is 33.8 Å². The molecule has 0 aromatic heterocycles. The Morgan fingerprint density at radius 2 is 1.59 bits per heavy atom. The first-order valence-electron chi connectivity index (χ1n) is 14.6. The van der Waals surface area contributed by atoms with Gasteiger partial charge in [-0.25, -0.2) is 4.79 Å². The molecule has 0 unspecified atom stereocenters. The zero-order valence-corrected chi connectivity index (χ0v) is 23.9. The van der Waals surface area contributed by atoms with Gasteiger partial charge >= 0.3 is 6.09 Å². The number of likely N-dealkylation sites (tertiary alicyclic amines) is 1. The molecule has 3 aromatic rings. The summed E-state index contributed by atoms with van der Waals surface area (Å²) in [4.78, 5) is 69.9. The Bertz CT molecular complexity index is 1790. The summed E-state index contributed by atoms with van der Waals surface area (Å²) in [6.07, 6.45) is 2.63. The molecule has 8 nitrogen and oxygen atoms in total. The number of phenols is 1. The van der Waals surface area contributed by atoms with Crippen molar-refractivity contribution in [3.05, 3.63) is 119 Å². The van der Waals surface area contributed by atoms with Gasteiger partial charge in [-0.05, 0) is 53.7 Å². The van der Waals surface area contributed by atoms with Gasteiger partial charge in [0.1, 0.15) is 5.75 Å². The molecule has 3 aliphatic carbocycles. The van der Waals surface area contributed by atoms with E-state index in [1.807, 2.05) is 48.5 Å². The molecular weight excluding hydrogens is 558 g/mol. The van der Waals surface area contributed by atoms with Gasteiger partial charge in [0.25, 0.3) is 0 Å². The number of rotatable bonds is 3. The van der Waals surface area contributed by atoms with Gasteiger partial charge in [-0.15, -0.1) is 0 Å². The number of phenolic OH excluding ortho intramolecular Hbond substituents is 1. The number of fused-ring (bicyclic) bond motifs is 4. The summed E-state index contributed by atoms with van der Waals surface area (Å²) in [5.41, 5.74) is 1.56. The predicted molar refractivity (Wildman–Crippen MR) is 159 cm³/mol. The Kier molecular flexibility index (Phi) is 6.46. The molecule has 6 atom stereocenters. The van der Waals surface area contributed by atoms with Crippen molar-refractivity contribution in [2.45, 2.75) is 24.2 Å². The summed E-state index contributed by atoms with van der Waals surface area (Å²) in [5, 5.41) is 10.6. The van der Waals surface area contributed by atoms with Crippen molar-refractivity contribution in [3.63, 3.8) is 0 Å². The van der Waals surface area contributed by atoms with Gasteiger partial charge in [0.05, 0.1) is 24.4 Å². The monoisotopic (exact) mass is 587 g/mol. The lowest BCUT2D eigenvalue weighted by Crippen LogP contribution is -2.58. The van der Waals surface area contributed by atoms with Crippen LogP contribution in [-0.2, 0) is 29.3 Å². The van der Waals surface area contributed by atoms with Gasteiger partial charge in [0.2, 0.25) is 11.8 Å². The zero-order valence-electron chi connectivity index (χ0n) is 23.9. The van der Waals surface area contributed by atoms with E-state index in [4.69, 9.17) is 4.74 Å². The first kappa shape index (κ1) is 27.7. The Hall–Kier alpha value is -5.11. The van der Waals surface area contributed by atoms with Crippen molar-refractivity contribution in [1.29, 1.82) is 0 Å². The summed E-state index contributed by atoms with van der Waals surface area (Å²) < 4.78 is 4.77. The van der Waals surface area contributed by atoms with E-state index in [1.54, 1.807) is 36.4 Å². The fraction of sp³-hybridized carbons (Fsp3) is 0.250. The second-order valence-corrected chi connectivity index (χ2v) is 11.9. The SMILES string of the molecule is COC(=O)N1C(=O)[C@H]2[C@H](CC=C3[C@H]2C[C@H]2C(=O)C(c4ccccc4)=CC(=O)[C@@]2(c2ccccc2)[C@H]3c2cccc(O)c2)C1=O. The number of methoxy groups -OCH3 is 1. The van der Waals surface area contributed by atoms with E-state index in [0.29, 0.717) is 27.2 Å². The molecule has 4 aliphatic rings. The number of carbonyl (C=O) groups excluding carboxylic acids is 5. The van der Waals surface area contributed by atoms with Crippen molar-refractivity contribution in [2.24, 2.45) is 23.7 Å². The number of nitrogens with zero attached hydrogens (tertiary/aromatic N) is 1. The van der Waals surface area contributed by atoms with E-state index in [-0.39, 0.29) is 30.2 Å². The van der Waals surface area contributed by atoms with Crippen molar-refractivity contribution in [3.8, 4) is 5.75 Å². The molecule has 8 heteroatoms. The van der Waals surface area contributed by atoms with Crippen LogP contribution in [0, 0.1) is 23.7 Å². The number of ether oxygens (including phenoxy) is 1. The summed E-state index contributed by atoms with van der Waals surface area (Å²) >= 11 is 0. The first-order chi connectivity index (χ1) is 21.3. The Labute approximate surface area is 253 Å². The van der Waals surface area contributed by atoms with Crippen LogP contribution in [0.3, 0.4) is 0 Å². The Balaban J connectivity index is 1.49. The Morgan fingerprint density at radius 1 is 0.886 bits per heavy atom. The molecule has 44 heavy (non-hydrogen) atoms. The van der Waals surface area contributed by atoms with E-state index in [9.17, 15) is 29.1 Å². The third-order valence-corrected chi connectivity index (χ3v) is 9.94. The summed E-state index contributed by atoms with van der Waals surface area (Å²) in [6.45, 7) is 0. The fourth-order valence-corrected chi connectivity index (χ4v) is 8.22. The quantitative estimate of drug-likeness (QED) is 0.339. The maximum absolute atomic E-state index is 14.8. The molecule has 1 heterocycles. The number of ketones is 2. The van der Waals surface area contributed by atoms with E-state index < -0.39 is 52.9 Å². The van der Waals surface area contributed by atoms with Crippen LogP contribution >= 0.6 is 0 Å². The molecule has 220 valence electrons. The highest BCUT2D eigenvalue weighted by atomic mass is 16.5. The maximum atomic E-state index is 14.8. The normalized spacial score (nSPS) is 29.3. The van der Waals surface area contributed by atoms with E-state index in [1.165, 1.54) is 12.1 Å². The molecule has 1 N–H and O–H groups in total. The van der Waals surface area contributed by atoms with Crippen LogP contribution in [0.25, 0.3) is 5.57 Å². The van der Waals surface area contributed by atoms with E-state index >= 15 is 0 Å². The van der Waals surface area contributed by atoms with Crippen LogP contribution in [0.1, 0.15) is 35.4 Å². The minimum absolute atomic E-state index is 0.00207. The second kappa shape index (κ2) is 10.3. The van der Waals surface area contributed by atoms with Crippen LogP contribution in [-0.4, -0.2) is 46.6 Å². The van der Waals surface area contributed by atoms with Crippen molar-refractivity contribution in [1.82, 2.24) is 4.90 Å². The third-order valence-electron chi connectivity index (χ3n) is 9.94. The molecule has 0 bridgehead atoms. The van der Waals surface area contributed by atoms with Crippen molar-refractivity contribution in [2.75, 3.05) is 7.11 Å². The average Bonchev–Trinajstić information content (AvgIpc) is 3.31. The number of Topliss-reactive ketones (excluding diaryl/α,β-unsaturated/α-hetero) is 1. The van der Waals surface area contributed by atoms with Crippen LogP contribution < -0.4 is 0 Å². The highest BCUT2D eigenvalue weighted by Crippen LogP contribution is 2.63. The van der Waals surface area contributed by atoms with Gasteiger partial charge in [-0.3, -0.25) is 19.2 Å². The molecule has 1 aliphatic heterocycles.